The van der Waals surface area contributed by atoms with Gasteiger partial charge in [-0.3, -0.25) is 4.98 Å². The number of benzene rings is 1. The summed E-state index contributed by atoms with van der Waals surface area (Å²) in [7, 11) is 0. The molecule has 0 atom stereocenters. The molecule has 14 heavy (non-hydrogen) atoms. The van der Waals surface area contributed by atoms with Crippen LogP contribution < -0.4 is 0 Å². The maximum atomic E-state index is 8.96. The summed E-state index contributed by atoms with van der Waals surface area (Å²) >= 11 is 3.42. The number of pyridine rings is 1. The molecule has 0 unspecified atom stereocenters. The molecule has 0 bridgehead atoms. The lowest BCUT2D eigenvalue weighted by Gasteiger charge is -2.02. The second-order valence-electron chi connectivity index (χ2n) is 3.06. The molecule has 0 aliphatic rings. The second kappa shape index (κ2) is 3.39. The van der Waals surface area contributed by atoms with Crippen LogP contribution in [-0.2, 0) is 0 Å². The molecule has 68 valence electrons. The van der Waals surface area contributed by atoms with Crippen molar-refractivity contribution in [2.45, 2.75) is 6.92 Å². The zero-order chi connectivity index (χ0) is 10.1. The zero-order valence-corrected chi connectivity index (χ0v) is 9.17. The maximum absolute atomic E-state index is 8.96. The van der Waals surface area contributed by atoms with Crippen LogP contribution in [0.15, 0.2) is 28.7 Å². The SMILES string of the molecule is Cc1cc(C#N)c2cccc(Br)c2n1. The lowest BCUT2D eigenvalue weighted by atomic mass is 10.1. The van der Waals surface area contributed by atoms with Crippen molar-refractivity contribution in [2.75, 3.05) is 0 Å². The number of aromatic nitrogens is 1. The number of nitrogens with zero attached hydrogens (tertiary/aromatic N) is 2. The van der Waals surface area contributed by atoms with Crippen LogP contribution in [0.5, 0.6) is 0 Å². The van der Waals surface area contributed by atoms with Gasteiger partial charge in [-0.05, 0) is 35.0 Å². The van der Waals surface area contributed by atoms with E-state index in [0.717, 1.165) is 21.1 Å². The molecule has 0 spiro atoms. The summed E-state index contributed by atoms with van der Waals surface area (Å²) in [5, 5.41) is 9.85. The minimum absolute atomic E-state index is 0.675. The molecule has 1 heterocycles. The lowest BCUT2D eigenvalue weighted by molar-refractivity contribution is 1.24. The number of nitriles is 1. The molecule has 0 aliphatic heterocycles. The molecule has 0 fully saturated rings. The normalized spacial score (nSPS) is 10.1. The average Bonchev–Trinajstić information content (AvgIpc) is 2.18. The molecule has 0 amide bonds. The van der Waals surface area contributed by atoms with Gasteiger partial charge in [-0.2, -0.15) is 5.26 Å². The van der Waals surface area contributed by atoms with Crippen molar-refractivity contribution in [3.63, 3.8) is 0 Å². The fourth-order valence-electron chi connectivity index (χ4n) is 1.43. The highest BCUT2D eigenvalue weighted by Gasteiger charge is 2.05. The topological polar surface area (TPSA) is 36.7 Å². The summed E-state index contributed by atoms with van der Waals surface area (Å²) in [6, 6.07) is 9.72. The van der Waals surface area contributed by atoms with Crippen LogP contribution in [0.25, 0.3) is 10.9 Å². The largest absolute Gasteiger partial charge is 0.252 e. The number of rotatable bonds is 0. The first kappa shape index (κ1) is 9.17. The van der Waals surface area contributed by atoms with Crippen molar-refractivity contribution in [1.29, 1.82) is 5.26 Å². The van der Waals surface area contributed by atoms with Crippen LogP contribution in [0.2, 0.25) is 0 Å². The highest BCUT2D eigenvalue weighted by Crippen LogP contribution is 2.24. The Morgan fingerprint density at radius 1 is 1.43 bits per heavy atom. The number of hydrogen-bond donors (Lipinski definition) is 0. The second-order valence-corrected chi connectivity index (χ2v) is 3.91. The Balaban J connectivity index is 2.96. The van der Waals surface area contributed by atoms with Gasteiger partial charge in [0.25, 0.3) is 0 Å². The van der Waals surface area contributed by atoms with Gasteiger partial charge in [0.15, 0.2) is 0 Å². The summed E-state index contributed by atoms with van der Waals surface area (Å²) in [6.45, 7) is 1.89. The molecule has 3 heteroatoms. The third-order valence-corrected chi connectivity index (χ3v) is 2.68. The van der Waals surface area contributed by atoms with E-state index >= 15 is 0 Å². The molecular weight excluding hydrogens is 240 g/mol. The third kappa shape index (κ3) is 1.38. The number of halogens is 1. The van der Waals surface area contributed by atoms with Gasteiger partial charge in [0.2, 0.25) is 0 Å². The van der Waals surface area contributed by atoms with E-state index in [1.54, 1.807) is 6.07 Å². The van der Waals surface area contributed by atoms with E-state index in [1.807, 2.05) is 25.1 Å². The quantitative estimate of drug-likeness (QED) is 0.716. The smallest absolute Gasteiger partial charge is 0.0999 e. The Hall–Kier alpha value is -1.40. The fourth-order valence-corrected chi connectivity index (χ4v) is 1.89. The summed E-state index contributed by atoms with van der Waals surface area (Å²) in [5.74, 6) is 0. The molecule has 1 aromatic heterocycles. The average molecular weight is 247 g/mol. The third-order valence-electron chi connectivity index (χ3n) is 2.04. The Bertz CT molecular complexity index is 541. The van der Waals surface area contributed by atoms with E-state index in [4.69, 9.17) is 5.26 Å². The predicted molar refractivity (Wildman–Crippen MR) is 58.9 cm³/mol. The van der Waals surface area contributed by atoms with Gasteiger partial charge in [-0.15, -0.1) is 0 Å². The van der Waals surface area contributed by atoms with Crippen molar-refractivity contribution < 1.29 is 0 Å². The van der Waals surface area contributed by atoms with Crippen LogP contribution in [0.4, 0.5) is 0 Å². The van der Waals surface area contributed by atoms with Crippen LogP contribution >= 0.6 is 15.9 Å². The standard InChI is InChI=1S/C11H7BrN2/c1-7-5-8(6-13)9-3-2-4-10(12)11(9)14-7/h2-5H,1H3. The molecular formula is C11H7BrN2. The van der Waals surface area contributed by atoms with Crippen LogP contribution in [-0.4, -0.2) is 4.98 Å². The molecule has 0 aliphatic carbocycles. The van der Waals surface area contributed by atoms with Crippen LogP contribution in [0.1, 0.15) is 11.3 Å². The first-order valence-electron chi connectivity index (χ1n) is 4.18. The van der Waals surface area contributed by atoms with Crippen molar-refractivity contribution in [3.05, 3.63) is 40.0 Å². The van der Waals surface area contributed by atoms with Gasteiger partial charge in [0, 0.05) is 15.6 Å². The summed E-state index contributed by atoms with van der Waals surface area (Å²) in [5.41, 5.74) is 2.39. The van der Waals surface area contributed by atoms with Crippen molar-refractivity contribution in [2.24, 2.45) is 0 Å². The van der Waals surface area contributed by atoms with E-state index in [2.05, 4.69) is 27.0 Å². The lowest BCUT2D eigenvalue weighted by Crippen LogP contribution is -1.88. The Labute approximate surface area is 90.3 Å². The fraction of sp³-hybridized carbons (Fsp3) is 0.0909. The predicted octanol–water partition coefficient (Wildman–Crippen LogP) is 3.18. The van der Waals surface area contributed by atoms with Gasteiger partial charge >= 0.3 is 0 Å². The number of hydrogen-bond acceptors (Lipinski definition) is 2. The van der Waals surface area contributed by atoms with Gasteiger partial charge < -0.3 is 0 Å². The van der Waals surface area contributed by atoms with Gasteiger partial charge in [0.05, 0.1) is 17.1 Å². The highest BCUT2D eigenvalue weighted by atomic mass is 79.9. The number of aryl methyl sites for hydroxylation is 1. The summed E-state index contributed by atoms with van der Waals surface area (Å²) < 4.78 is 0.926. The summed E-state index contributed by atoms with van der Waals surface area (Å²) in [6.07, 6.45) is 0. The molecule has 0 saturated heterocycles. The van der Waals surface area contributed by atoms with Gasteiger partial charge in [-0.1, -0.05) is 12.1 Å². The van der Waals surface area contributed by atoms with Crippen LogP contribution in [0.3, 0.4) is 0 Å². The zero-order valence-electron chi connectivity index (χ0n) is 7.58. The van der Waals surface area contributed by atoms with E-state index in [0.29, 0.717) is 5.56 Å². The molecule has 2 rings (SSSR count). The first-order valence-corrected chi connectivity index (χ1v) is 4.97. The molecule has 0 N–H and O–H groups in total. The maximum Gasteiger partial charge on any atom is 0.0999 e. The van der Waals surface area contributed by atoms with Gasteiger partial charge in [-0.25, -0.2) is 0 Å². The molecule has 0 radical (unpaired) electrons. The van der Waals surface area contributed by atoms with E-state index < -0.39 is 0 Å². The Kier molecular flexibility index (Phi) is 2.22. The molecule has 2 aromatic rings. The van der Waals surface area contributed by atoms with Crippen molar-refractivity contribution in [1.82, 2.24) is 4.98 Å². The minimum Gasteiger partial charge on any atom is -0.252 e. The number of fused-ring (bicyclic) bond motifs is 1. The minimum atomic E-state index is 0.675. The van der Waals surface area contributed by atoms with E-state index in [1.165, 1.54) is 0 Å². The summed E-state index contributed by atoms with van der Waals surface area (Å²) in [4.78, 5) is 4.39. The molecule has 2 nitrogen and oxygen atoms in total. The van der Waals surface area contributed by atoms with Crippen molar-refractivity contribution in [3.8, 4) is 6.07 Å². The first-order chi connectivity index (χ1) is 6.72. The van der Waals surface area contributed by atoms with E-state index in [-0.39, 0.29) is 0 Å². The van der Waals surface area contributed by atoms with Crippen LogP contribution in [0, 0.1) is 18.3 Å². The molecule has 0 saturated carbocycles. The monoisotopic (exact) mass is 246 g/mol. The van der Waals surface area contributed by atoms with E-state index in [9.17, 15) is 0 Å². The number of para-hydroxylation sites is 1. The Morgan fingerprint density at radius 2 is 2.21 bits per heavy atom. The highest BCUT2D eigenvalue weighted by molar-refractivity contribution is 9.10. The molecule has 1 aromatic carbocycles. The van der Waals surface area contributed by atoms with Crippen molar-refractivity contribution >= 4 is 26.8 Å². The van der Waals surface area contributed by atoms with Gasteiger partial charge in [0.1, 0.15) is 0 Å². The Morgan fingerprint density at radius 3 is 2.93 bits per heavy atom.